The Morgan fingerprint density at radius 3 is 2.30 bits per heavy atom. The molecule has 106 valence electrons. The fourth-order valence-electron chi connectivity index (χ4n) is 2.27. The first-order valence-electron chi connectivity index (χ1n) is 6.52. The molecule has 1 amide bonds. The predicted octanol–water partition coefficient (Wildman–Crippen LogP) is 1.39. The van der Waals surface area contributed by atoms with Crippen LogP contribution in [0.4, 0.5) is 5.69 Å². The lowest BCUT2D eigenvalue weighted by atomic mass is 10.2. The van der Waals surface area contributed by atoms with E-state index in [0.717, 1.165) is 5.56 Å². The van der Waals surface area contributed by atoms with E-state index in [4.69, 9.17) is 14.6 Å². The molecular weight excluding hydrogens is 262 g/mol. The van der Waals surface area contributed by atoms with Gasteiger partial charge >= 0.3 is 5.97 Å². The van der Waals surface area contributed by atoms with E-state index in [1.165, 1.54) is 0 Å². The molecule has 0 radical (unpaired) electrons. The van der Waals surface area contributed by atoms with Crippen molar-refractivity contribution in [1.29, 1.82) is 0 Å². The molecule has 0 aromatic heterocycles. The minimum absolute atomic E-state index is 0.237. The topological polar surface area (TPSA) is 84.9 Å². The van der Waals surface area contributed by atoms with Crippen molar-refractivity contribution in [3.8, 4) is 0 Å². The van der Waals surface area contributed by atoms with Crippen molar-refractivity contribution < 1.29 is 24.2 Å². The molecule has 1 saturated carbocycles. The summed E-state index contributed by atoms with van der Waals surface area (Å²) in [5.41, 5.74) is 1.54. The second kappa shape index (κ2) is 5.22. The zero-order valence-electron chi connectivity index (χ0n) is 10.7. The number of anilines is 1. The second-order valence-corrected chi connectivity index (χ2v) is 4.97. The van der Waals surface area contributed by atoms with Crippen molar-refractivity contribution >= 4 is 17.6 Å². The quantitative estimate of drug-likeness (QED) is 0.868. The molecule has 1 aromatic carbocycles. The highest BCUT2D eigenvalue weighted by Gasteiger charge is 2.48. The van der Waals surface area contributed by atoms with Gasteiger partial charge < -0.3 is 19.9 Å². The molecule has 6 nitrogen and oxygen atoms in total. The molecule has 1 aliphatic carbocycles. The van der Waals surface area contributed by atoms with Gasteiger partial charge in [-0.05, 0) is 18.6 Å². The maximum absolute atomic E-state index is 11.8. The summed E-state index contributed by atoms with van der Waals surface area (Å²) in [4.78, 5) is 22.5. The van der Waals surface area contributed by atoms with E-state index < -0.39 is 17.8 Å². The van der Waals surface area contributed by atoms with Gasteiger partial charge in [0.15, 0.2) is 6.29 Å². The molecule has 20 heavy (non-hydrogen) atoms. The summed E-state index contributed by atoms with van der Waals surface area (Å²) in [7, 11) is 0. The Balaban J connectivity index is 1.58. The van der Waals surface area contributed by atoms with Crippen LogP contribution in [0.1, 0.15) is 18.3 Å². The van der Waals surface area contributed by atoms with Crippen molar-refractivity contribution in [2.45, 2.75) is 12.7 Å². The maximum Gasteiger partial charge on any atom is 0.307 e. The first-order valence-corrected chi connectivity index (χ1v) is 6.52. The van der Waals surface area contributed by atoms with E-state index in [9.17, 15) is 9.59 Å². The summed E-state index contributed by atoms with van der Waals surface area (Å²) in [5, 5.41) is 11.5. The van der Waals surface area contributed by atoms with Gasteiger partial charge in [-0.25, -0.2) is 0 Å². The minimum atomic E-state index is -0.906. The number of amides is 1. The number of aliphatic carboxylic acids is 1. The van der Waals surface area contributed by atoms with Crippen LogP contribution in [0.2, 0.25) is 0 Å². The first-order chi connectivity index (χ1) is 9.65. The van der Waals surface area contributed by atoms with Crippen LogP contribution >= 0.6 is 0 Å². The number of carboxylic acid groups (broad SMARTS) is 1. The lowest BCUT2D eigenvalue weighted by molar-refractivity contribution is -0.139. The monoisotopic (exact) mass is 277 g/mol. The Kier molecular flexibility index (Phi) is 3.42. The van der Waals surface area contributed by atoms with Crippen LogP contribution in [-0.2, 0) is 19.1 Å². The molecule has 0 unspecified atom stereocenters. The predicted molar refractivity (Wildman–Crippen MR) is 68.9 cm³/mol. The summed E-state index contributed by atoms with van der Waals surface area (Å²) in [6.07, 6.45) is 0.0859. The Labute approximate surface area is 115 Å². The van der Waals surface area contributed by atoms with Gasteiger partial charge in [-0.2, -0.15) is 0 Å². The summed E-state index contributed by atoms with van der Waals surface area (Å²) < 4.78 is 10.7. The summed E-state index contributed by atoms with van der Waals surface area (Å²) in [5.74, 6) is -2.09. The first kappa shape index (κ1) is 13.1. The molecule has 1 aliphatic heterocycles. The number of hydrogen-bond donors (Lipinski definition) is 2. The molecule has 1 heterocycles. The third-order valence-electron chi connectivity index (χ3n) is 3.52. The molecule has 0 bridgehead atoms. The second-order valence-electron chi connectivity index (χ2n) is 4.97. The highest BCUT2D eigenvalue weighted by molar-refractivity contribution is 5.98. The van der Waals surface area contributed by atoms with Crippen LogP contribution in [0.5, 0.6) is 0 Å². The Morgan fingerprint density at radius 2 is 1.75 bits per heavy atom. The van der Waals surface area contributed by atoms with Crippen LogP contribution in [0, 0.1) is 11.8 Å². The number of hydrogen-bond acceptors (Lipinski definition) is 4. The number of carbonyl (C=O) groups is 2. The molecule has 6 heteroatoms. The van der Waals surface area contributed by atoms with E-state index >= 15 is 0 Å². The molecule has 1 saturated heterocycles. The molecular formula is C14H15NO5. The van der Waals surface area contributed by atoms with Crippen molar-refractivity contribution in [2.75, 3.05) is 18.5 Å². The van der Waals surface area contributed by atoms with E-state index in [1.807, 2.05) is 12.1 Å². The minimum Gasteiger partial charge on any atom is -0.481 e. The molecule has 2 aliphatic rings. The number of carbonyl (C=O) groups excluding carboxylic acids is 1. The third-order valence-corrected chi connectivity index (χ3v) is 3.52. The van der Waals surface area contributed by atoms with E-state index in [2.05, 4.69) is 5.32 Å². The number of carboxylic acids is 1. The number of nitrogens with one attached hydrogen (secondary N) is 1. The van der Waals surface area contributed by atoms with Gasteiger partial charge in [0.05, 0.1) is 25.0 Å². The highest BCUT2D eigenvalue weighted by atomic mass is 16.7. The van der Waals surface area contributed by atoms with E-state index in [0.29, 0.717) is 25.3 Å². The van der Waals surface area contributed by atoms with Gasteiger partial charge in [-0.1, -0.05) is 12.1 Å². The van der Waals surface area contributed by atoms with Gasteiger partial charge in [-0.15, -0.1) is 0 Å². The highest BCUT2D eigenvalue weighted by Crippen LogP contribution is 2.39. The lowest BCUT2D eigenvalue weighted by Gasteiger charge is -2.10. The van der Waals surface area contributed by atoms with Crippen LogP contribution < -0.4 is 5.32 Å². The van der Waals surface area contributed by atoms with Crippen LogP contribution in [0.3, 0.4) is 0 Å². The van der Waals surface area contributed by atoms with Crippen molar-refractivity contribution in [1.82, 2.24) is 0 Å². The van der Waals surface area contributed by atoms with Crippen molar-refractivity contribution in [2.24, 2.45) is 11.8 Å². The van der Waals surface area contributed by atoms with Gasteiger partial charge in [0.25, 0.3) is 0 Å². The molecule has 0 spiro atoms. The van der Waals surface area contributed by atoms with Crippen molar-refractivity contribution in [3.05, 3.63) is 29.8 Å². The molecule has 2 fully saturated rings. The zero-order chi connectivity index (χ0) is 14.1. The van der Waals surface area contributed by atoms with Crippen LogP contribution in [-0.4, -0.2) is 30.2 Å². The van der Waals surface area contributed by atoms with Crippen LogP contribution in [0.15, 0.2) is 24.3 Å². The van der Waals surface area contributed by atoms with Gasteiger partial charge in [0, 0.05) is 11.3 Å². The standard InChI is InChI=1S/C14H15NO5/c16-12(10-7-11(10)13(17)18)15-9-3-1-8(2-4-9)14-19-5-6-20-14/h1-4,10-11,14H,5-7H2,(H,15,16)(H,17,18)/t10-,11+/m1/s1. The Hall–Kier alpha value is -1.92. The number of benzene rings is 1. The Bertz CT molecular complexity index is 521. The summed E-state index contributed by atoms with van der Waals surface area (Å²) in [6, 6.07) is 7.17. The number of rotatable bonds is 4. The summed E-state index contributed by atoms with van der Waals surface area (Å²) in [6.45, 7) is 1.17. The molecule has 2 N–H and O–H groups in total. The van der Waals surface area contributed by atoms with Gasteiger partial charge in [-0.3, -0.25) is 9.59 Å². The molecule has 3 rings (SSSR count). The largest absolute Gasteiger partial charge is 0.481 e. The van der Waals surface area contributed by atoms with Crippen LogP contribution in [0.25, 0.3) is 0 Å². The average molecular weight is 277 g/mol. The number of ether oxygens (including phenoxy) is 2. The lowest BCUT2D eigenvalue weighted by Crippen LogP contribution is -2.16. The van der Waals surface area contributed by atoms with Gasteiger partial charge in [0.1, 0.15) is 0 Å². The van der Waals surface area contributed by atoms with E-state index in [1.54, 1.807) is 12.1 Å². The average Bonchev–Trinajstić information content (AvgIpc) is 3.07. The molecule has 2 atom stereocenters. The fraction of sp³-hybridized carbons (Fsp3) is 0.429. The SMILES string of the molecule is O=C(O)[C@H]1C[C@H]1C(=O)Nc1ccc(C2OCCO2)cc1. The fourth-order valence-corrected chi connectivity index (χ4v) is 2.27. The smallest absolute Gasteiger partial charge is 0.307 e. The molecule has 1 aromatic rings. The Morgan fingerprint density at radius 1 is 1.10 bits per heavy atom. The normalized spacial score (nSPS) is 25.4. The maximum atomic E-state index is 11.8. The third kappa shape index (κ3) is 2.66. The van der Waals surface area contributed by atoms with Gasteiger partial charge in [0.2, 0.25) is 5.91 Å². The van der Waals surface area contributed by atoms with Crippen molar-refractivity contribution in [3.63, 3.8) is 0 Å². The van der Waals surface area contributed by atoms with E-state index in [-0.39, 0.29) is 12.2 Å². The zero-order valence-corrected chi connectivity index (χ0v) is 10.7. The summed E-state index contributed by atoms with van der Waals surface area (Å²) >= 11 is 0.